The highest BCUT2D eigenvalue weighted by molar-refractivity contribution is 5.38. The Morgan fingerprint density at radius 2 is 1.95 bits per heavy atom. The smallest absolute Gasteiger partial charge is 0.129 e. The van der Waals surface area contributed by atoms with Gasteiger partial charge in [0.05, 0.1) is 0 Å². The van der Waals surface area contributed by atoms with Gasteiger partial charge in [-0.05, 0) is 36.6 Å². The van der Waals surface area contributed by atoms with Gasteiger partial charge in [0.15, 0.2) is 0 Å². The Labute approximate surface area is 114 Å². The van der Waals surface area contributed by atoms with Crippen molar-refractivity contribution in [1.29, 1.82) is 0 Å². The van der Waals surface area contributed by atoms with Gasteiger partial charge >= 0.3 is 0 Å². The first-order chi connectivity index (χ1) is 9.29. The Morgan fingerprint density at radius 1 is 1.16 bits per heavy atom. The first kappa shape index (κ1) is 13.4. The van der Waals surface area contributed by atoms with Gasteiger partial charge in [-0.3, -0.25) is 0 Å². The fraction of sp³-hybridized carbons (Fsp3) is 0.312. The lowest BCUT2D eigenvalue weighted by Crippen LogP contribution is -2.01. The Morgan fingerprint density at radius 3 is 2.63 bits per heavy atom. The molecular weight excluding hydrogens is 236 g/mol. The average Bonchev–Trinajstić information content (AvgIpc) is 2.45. The van der Waals surface area contributed by atoms with E-state index in [1.54, 1.807) is 6.20 Å². The predicted octanol–water partition coefficient (Wildman–Crippen LogP) is 3.59. The maximum absolute atomic E-state index is 5.77. The maximum Gasteiger partial charge on any atom is 0.129 e. The molecule has 2 aromatic rings. The number of aryl methyl sites for hydroxylation is 1. The van der Waals surface area contributed by atoms with Crippen LogP contribution in [-0.2, 0) is 13.0 Å². The van der Waals surface area contributed by atoms with Gasteiger partial charge in [-0.1, -0.05) is 31.5 Å². The molecule has 3 nitrogen and oxygen atoms in total. The summed E-state index contributed by atoms with van der Waals surface area (Å²) in [4.78, 5) is 4.04. The van der Waals surface area contributed by atoms with Crippen molar-refractivity contribution in [1.82, 2.24) is 4.98 Å². The van der Waals surface area contributed by atoms with Crippen LogP contribution >= 0.6 is 0 Å². The van der Waals surface area contributed by atoms with Gasteiger partial charge in [0.25, 0.3) is 0 Å². The zero-order valence-corrected chi connectivity index (χ0v) is 11.3. The third-order valence-corrected chi connectivity index (χ3v) is 3.06. The van der Waals surface area contributed by atoms with Crippen LogP contribution in [0.1, 0.15) is 30.9 Å². The molecule has 19 heavy (non-hydrogen) atoms. The number of benzene rings is 1. The van der Waals surface area contributed by atoms with Crippen LogP contribution in [-0.4, -0.2) is 4.98 Å². The second-order valence-corrected chi connectivity index (χ2v) is 4.58. The molecule has 1 aromatic heterocycles. The van der Waals surface area contributed by atoms with Gasteiger partial charge in [0.2, 0.25) is 0 Å². The predicted molar refractivity (Wildman–Crippen MR) is 78.0 cm³/mol. The summed E-state index contributed by atoms with van der Waals surface area (Å²) in [6.45, 7) is 2.66. The molecule has 3 heteroatoms. The standard InChI is InChI=1S/C16H20N2O/c1-2-3-5-13-7-9-15(10-8-13)19-12-14-6-4-11-18-16(14)17/h4,6-11H,2-3,5,12H2,1H3,(H2,17,18). The second kappa shape index (κ2) is 6.78. The average molecular weight is 256 g/mol. The van der Waals surface area contributed by atoms with Gasteiger partial charge < -0.3 is 10.5 Å². The van der Waals surface area contributed by atoms with E-state index in [0.717, 1.165) is 17.7 Å². The van der Waals surface area contributed by atoms with Crippen molar-refractivity contribution >= 4 is 5.82 Å². The molecule has 0 aliphatic rings. The van der Waals surface area contributed by atoms with E-state index in [0.29, 0.717) is 12.4 Å². The minimum absolute atomic E-state index is 0.452. The van der Waals surface area contributed by atoms with E-state index in [2.05, 4.69) is 24.0 Å². The summed E-state index contributed by atoms with van der Waals surface area (Å²) >= 11 is 0. The third-order valence-electron chi connectivity index (χ3n) is 3.06. The number of nitrogens with zero attached hydrogens (tertiary/aromatic N) is 1. The zero-order valence-electron chi connectivity index (χ0n) is 11.3. The second-order valence-electron chi connectivity index (χ2n) is 4.58. The molecule has 0 atom stereocenters. The summed E-state index contributed by atoms with van der Waals surface area (Å²) in [5, 5.41) is 0. The Kier molecular flexibility index (Phi) is 4.78. The van der Waals surface area contributed by atoms with E-state index in [-0.39, 0.29) is 0 Å². The SMILES string of the molecule is CCCCc1ccc(OCc2cccnc2N)cc1. The first-order valence-corrected chi connectivity index (χ1v) is 6.70. The lowest BCUT2D eigenvalue weighted by atomic mass is 10.1. The minimum Gasteiger partial charge on any atom is -0.489 e. The van der Waals surface area contributed by atoms with Crippen LogP contribution in [0.15, 0.2) is 42.6 Å². The van der Waals surface area contributed by atoms with E-state index in [1.165, 1.54) is 18.4 Å². The molecular formula is C16H20N2O. The molecule has 0 radical (unpaired) electrons. The number of aromatic nitrogens is 1. The molecule has 0 fully saturated rings. The number of anilines is 1. The van der Waals surface area contributed by atoms with Crippen LogP contribution in [0.4, 0.5) is 5.82 Å². The molecule has 1 aromatic carbocycles. The lowest BCUT2D eigenvalue weighted by Gasteiger charge is -2.08. The van der Waals surface area contributed by atoms with Gasteiger partial charge in [-0.25, -0.2) is 4.98 Å². The van der Waals surface area contributed by atoms with E-state index >= 15 is 0 Å². The van der Waals surface area contributed by atoms with E-state index in [9.17, 15) is 0 Å². The number of rotatable bonds is 6. The van der Waals surface area contributed by atoms with Gasteiger partial charge in [-0.2, -0.15) is 0 Å². The number of unbranched alkanes of at least 4 members (excludes halogenated alkanes) is 1. The normalized spacial score (nSPS) is 10.4. The Bertz CT molecular complexity index is 508. The summed E-state index contributed by atoms with van der Waals surface area (Å²) in [5.74, 6) is 1.39. The third kappa shape index (κ3) is 3.98. The highest BCUT2D eigenvalue weighted by Crippen LogP contribution is 2.16. The molecule has 2 N–H and O–H groups in total. The van der Waals surface area contributed by atoms with E-state index in [1.807, 2.05) is 24.3 Å². The van der Waals surface area contributed by atoms with Crippen LogP contribution in [0.3, 0.4) is 0 Å². The van der Waals surface area contributed by atoms with Gasteiger partial charge in [-0.15, -0.1) is 0 Å². The van der Waals surface area contributed by atoms with Crippen molar-refractivity contribution in [3.05, 3.63) is 53.7 Å². The minimum atomic E-state index is 0.452. The Hall–Kier alpha value is -2.03. The van der Waals surface area contributed by atoms with Crippen molar-refractivity contribution in [2.45, 2.75) is 32.8 Å². The lowest BCUT2D eigenvalue weighted by molar-refractivity contribution is 0.306. The molecule has 0 aliphatic heterocycles. The maximum atomic E-state index is 5.77. The first-order valence-electron chi connectivity index (χ1n) is 6.70. The highest BCUT2D eigenvalue weighted by atomic mass is 16.5. The topological polar surface area (TPSA) is 48.1 Å². The van der Waals surface area contributed by atoms with Crippen LogP contribution in [0.25, 0.3) is 0 Å². The van der Waals surface area contributed by atoms with Crippen LogP contribution < -0.4 is 10.5 Å². The van der Waals surface area contributed by atoms with Crippen molar-refractivity contribution in [3.63, 3.8) is 0 Å². The van der Waals surface area contributed by atoms with Crippen LogP contribution in [0.2, 0.25) is 0 Å². The summed E-state index contributed by atoms with van der Waals surface area (Å²) < 4.78 is 5.71. The van der Waals surface area contributed by atoms with Crippen LogP contribution in [0.5, 0.6) is 5.75 Å². The Balaban J connectivity index is 1.91. The van der Waals surface area contributed by atoms with E-state index < -0.39 is 0 Å². The summed E-state index contributed by atoms with van der Waals surface area (Å²) in [7, 11) is 0. The molecule has 100 valence electrons. The van der Waals surface area contributed by atoms with Crippen LogP contribution in [0, 0.1) is 0 Å². The summed E-state index contributed by atoms with van der Waals surface area (Å²) in [6.07, 6.45) is 5.26. The number of hydrogen-bond acceptors (Lipinski definition) is 3. The van der Waals surface area contributed by atoms with Gasteiger partial charge in [0.1, 0.15) is 18.2 Å². The number of nitrogen functional groups attached to an aromatic ring is 1. The zero-order chi connectivity index (χ0) is 13.5. The molecule has 0 spiro atoms. The van der Waals surface area contributed by atoms with Crippen molar-refractivity contribution in [3.8, 4) is 5.75 Å². The van der Waals surface area contributed by atoms with Crippen molar-refractivity contribution < 1.29 is 4.74 Å². The number of hydrogen-bond donors (Lipinski definition) is 1. The number of pyridine rings is 1. The molecule has 0 saturated carbocycles. The monoisotopic (exact) mass is 256 g/mol. The molecule has 0 saturated heterocycles. The summed E-state index contributed by atoms with van der Waals surface area (Å²) in [5.41, 5.74) is 8.04. The molecule has 0 bridgehead atoms. The molecule has 0 unspecified atom stereocenters. The molecule has 0 amide bonds. The molecule has 2 rings (SSSR count). The van der Waals surface area contributed by atoms with Gasteiger partial charge in [0, 0.05) is 11.8 Å². The summed E-state index contributed by atoms with van der Waals surface area (Å²) in [6, 6.07) is 12.1. The van der Waals surface area contributed by atoms with Crippen molar-refractivity contribution in [2.24, 2.45) is 0 Å². The van der Waals surface area contributed by atoms with Crippen molar-refractivity contribution in [2.75, 3.05) is 5.73 Å². The molecule has 1 heterocycles. The fourth-order valence-corrected chi connectivity index (χ4v) is 1.87. The number of nitrogens with two attached hydrogens (primary N) is 1. The molecule has 0 aliphatic carbocycles. The fourth-order valence-electron chi connectivity index (χ4n) is 1.87. The highest BCUT2D eigenvalue weighted by Gasteiger charge is 2.01. The van der Waals surface area contributed by atoms with E-state index in [4.69, 9.17) is 10.5 Å². The largest absolute Gasteiger partial charge is 0.489 e. The number of ether oxygens (including phenoxy) is 1. The quantitative estimate of drug-likeness (QED) is 0.859.